The first kappa shape index (κ1) is 13.2. The zero-order chi connectivity index (χ0) is 13.4. The maximum Gasteiger partial charge on any atom is 0.0802 e. The van der Waals surface area contributed by atoms with Gasteiger partial charge in [0.2, 0.25) is 0 Å². The molecule has 3 rings (SSSR count). The van der Waals surface area contributed by atoms with Crippen molar-refractivity contribution < 1.29 is 0 Å². The molecule has 0 saturated heterocycles. The number of benzene rings is 1. The summed E-state index contributed by atoms with van der Waals surface area (Å²) >= 11 is 9.74. The van der Waals surface area contributed by atoms with E-state index < -0.39 is 0 Å². The summed E-state index contributed by atoms with van der Waals surface area (Å²) in [6.45, 7) is 2.82. The highest BCUT2D eigenvalue weighted by molar-refractivity contribution is 9.10. The molecule has 1 aliphatic rings. The largest absolute Gasteiger partial charge is 0.308 e. The van der Waals surface area contributed by atoms with Crippen LogP contribution in [0.25, 0.3) is 5.69 Å². The lowest BCUT2D eigenvalue weighted by Gasteiger charge is -2.07. The number of nitrogens with zero attached hydrogens (tertiary/aromatic N) is 2. The van der Waals surface area contributed by atoms with Crippen molar-refractivity contribution >= 4 is 27.5 Å². The molecule has 0 aliphatic heterocycles. The second-order valence-corrected chi connectivity index (χ2v) is 6.22. The number of hydrogen-bond donors (Lipinski definition) is 1. The first-order chi connectivity index (χ1) is 9.13. The van der Waals surface area contributed by atoms with Gasteiger partial charge in [-0.05, 0) is 59.5 Å². The summed E-state index contributed by atoms with van der Waals surface area (Å²) in [6, 6.07) is 6.69. The summed E-state index contributed by atoms with van der Waals surface area (Å²) < 4.78 is 2.86. The number of rotatable bonds is 4. The van der Waals surface area contributed by atoms with Gasteiger partial charge in [-0.3, -0.25) is 0 Å². The van der Waals surface area contributed by atoms with Gasteiger partial charge < -0.3 is 5.32 Å². The van der Waals surface area contributed by atoms with E-state index in [0.717, 1.165) is 33.0 Å². The molecule has 0 amide bonds. The van der Waals surface area contributed by atoms with Crippen molar-refractivity contribution in [1.82, 2.24) is 15.1 Å². The van der Waals surface area contributed by atoms with E-state index >= 15 is 0 Å². The fourth-order valence-electron chi connectivity index (χ4n) is 1.94. The molecule has 5 heteroatoms. The summed E-state index contributed by atoms with van der Waals surface area (Å²) in [6.07, 6.45) is 4.55. The number of aryl methyl sites for hydroxylation is 1. The molecular weight excluding hydrogens is 326 g/mol. The van der Waals surface area contributed by atoms with Crippen LogP contribution < -0.4 is 5.32 Å². The summed E-state index contributed by atoms with van der Waals surface area (Å²) in [7, 11) is 0. The molecule has 19 heavy (non-hydrogen) atoms. The van der Waals surface area contributed by atoms with Gasteiger partial charge in [0.25, 0.3) is 0 Å². The molecule has 0 unspecified atom stereocenters. The van der Waals surface area contributed by atoms with Gasteiger partial charge in [0.1, 0.15) is 0 Å². The lowest BCUT2D eigenvalue weighted by Crippen LogP contribution is -2.15. The molecule has 2 aromatic rings. The molecule has 0 atom stereocenters. The molecule has 1 saturated carbocycles. The lowest BCUT2D eigenvalue weighted by atomic mass is 10.2. The molecule has 1 fully saturated rings. The van der Waals surface area contributed by atoms with E-state index in [1.807, 2.05) is 36.0 Å². The van der Waals surface area contributed by atoms with E-state index in [9.17, 15) is 0 Å². The zero-order valence-corrected chi connectivity index (χ0v) is 13.0. The molecule has 1 N–H and O–H groups in total. The minimum Gasteiger partial charge on any atom is -0.308 e. The molecule has 1 aromatic carbocycles. The third-order valence-corrected chi connectivity index (χ3v) is 4.31. The third-order valence-electron chi connectivity index (χ3n) is 3.27. The fraction of sp³-hybridized carbons (Fsp3) is 0.357. The van der Waals surface area contributed by atoms with Gasteiger partial charge in [-0.25, -0.2) is 4.68 Å². The number of aromatic nitrogens is 2. The molecule has 100 valence electrons. The van der Waals surface area contributed by atoms with Crippen molar-refractivity contribution in [3.05, 3.63) is 45.1 Å². The van der Waals surface area contributed by atoms with E-state index in [-0.39, 0.29) is 0 Å². The molecule has 0 radical (unpaired) electrons. The summed E-state index contributed by atoms with van der Waals surface area (Å²) in [5.74, 6) is 0. The standard InChI is InChI=1S/C14H15BrClN3/c1-9-6-12(15)14(7-13(9)16)19-5-4-11(18-19)8-17-10-2-3-10/h4-7,10,17H,2-3,8H2,1H3. The Morgan fingerprint density at radius 3 is 3.00 bits per heavy atom. The van der Waals surface area contributed by atoms with E-state index in [0.29, 0.717) is 6.04 Å². The molecule has 1 heterocycles. The first-order valence-corrected chi connectivity index (χ1v) is 7.54. The van der Waals surface area contributed by atoms with Crippen molar-refractivity contribution in [2.75, 3.05) is 0 Å². The van der Waals surface area contributed by atoms with Crippen molar-refractivity contribution in [3.8, 4) is 5.69 Å². The lowest BCUT2D eigenvalue weighted by molar-refractivity contribution is 0.664. The Morgan fingerprint density at radius 2 is 2.26 bits per heavy atom. The zero-order valence-electron chi connectivity index (χ0n) is 10.7. The highest BCUT2D eigenvalue weighted by Crippen LogP contribution is 2.27. The third kappa shape index (κ3) is 3.02. The van der Waals surface area contributed by atoms with E-state index in [2.05, 4.69) is 26.3 Å². The normalized spacial score (nSPS) is 14.9. The van der Waals surface area contributed by atoms with Crippen LogP contribution in [0.3, 0.4) is 0 Å². The van der Waals surface area contributed by atoms with Gasteiger partial charge >= 0.3 is 0 Å². The van der Waals surface area contributed by atoms with E-state index in [1.165, 1.54) is 12.8 Å². The van der Waals surface area contributed by atoms with Gasteiger partial charge in [-0.1, -0.05) is 11.6 Å². The smallest absolute Gasteiger partial charge is 0.0802 e. The van der Waals surface area contributed by atoms with Gasteiger partial charge in [0, 0.05) is 28.3 Å². The molecule has 1 aromatic heterocycles. The van der Waals surface area contributed by atoms with Crippen LogP contribution in [0.2, 0.25) is 5.02 Å². The van der Waals surface area contributed by atoms with E-state index in [4.69, 9.17) is 11.6 Å². The van der Waals surface area contributed by atoms with Crippen LogP contribution in [0.1, 0.15) is 24.1 Å². The first-order valence-electron chi connectivity index (χ1n) is 6.37. The quantitative estimate of drug-likeness (QED) is 0.916. The van der Waals surface area contributed by atoms with Gasteiger partial charge in [-0.15, -0.1) is 0 Å². The SMILES string of the molecule is Cc1cc(Br)c(-n2ccc(CNC3CC3)n2)cc1Cl. The van der Waals surface area contributed by atoms with Crippen LogP contribution in [0.15, 0.2) is 28.9 Å². The van der Waals surface area contributed by atoms with Crippen LogP contribution in [-0.4, -0.2) is 15.8 Å². The van der Waals surface area contributed by atoms with Crippen molar-refractivity contribution in [1.29, 1.82) is 0 Å². The molecular formula is C14H15BrClN3. The van der Waals surface area contributed by atoms with E-state index in [1.54, 1.807) is 0 Å². The van der Waals surface area contributed by atoms with Crippen LogP contribution in [-0.2, 0) is 6.54 Å². The Bertz CT molecular complexity index is 605. The Hall–Kier alpha value is -0.840. The molecule has 0 bridgehead atoms. The predicted octanol–water partition coefficient (Wildman–Crippen LogP) is 3.85. The molecule has 0 spiro atoms. The van der Waals surface area contributed by atoms with Crippen LogP contribution in [0.4, 0.5) is 0 Å². The Kier molecular flexibility index (Phi) is 3.65. The highest BCUT2D eigenvalue weighted by atomic mass is 79.9. The monoisotopic (exact) mass is 339 g/mol. The van der Waals surface area contributed by atoms with Gasteiger partial charge in [0.05, 0.1) is 11.4 Å². The summed E-state index contributed by atoms with van der Waals surface area (Å²) in [5.41, 5.74) is 3.07. The summed E-state index contributed by atoms with van der Waals surface area (Å²) in [4.78, 5) is 0. The second-order valence-electron chi connectivity index (χ2n) is 4.96. The Labute approximate surface area is 126 Å². The maximum atomic E-state index is 6.18. The fourth-order valence-corrected chi connectivity index (χ4v) is 2.74. The number of hydrogen-bond acceptors (Lipinski definition) is 2. The predicted molar refractivity (Wildman–Crippen MR) is 80.9 cm³/mol. The topological polar surface area (TPSA) is 29.9 Å². The molecule has 1 aliphatic carbocycles. The summed E-state index contributed by atoms with van der Waals surface area (Å²) in [5, 5.41) is 8.79. The van der Waals surface area contributed by atoms with Crippen molar-refractivity contribution in [2.45, 2.75) is 32.4 Å². The van der Waals surface area contributed by atoms with Crippen molar-refractivity contribution in [3.63, 3.8) is 0 Å². The van der Waals surface area contributed by atoms with Gasteiger partial charge in [0.15, 0.2) is 0 Å². The highest BCUT2D eigenvalue weighted by Gasteiger charge is 2.20. The van der Waals surface area contributed by atoms with Crippen LogP contribution >= 0.6 is 27.5 Å². The minimum atomic E-state index is 0.700. The number of halogens is 2. The Balaban J connectivity index is 1.83. The van der Waals surface area contributed by atoms with Gasteiger partial charge in [-0.2, -0.15) is 5.10 Å². The number of nitrogens with one attached hydrogen (secondary N) is 1. The van der Waals surface area contributed by atoms with Crippen molar-refractivity contribution in [2.24, 2.45) is 0 Å². The average molecular weight is 341 g/mol. The van der Waals surface area contributed by atoms with Crippen LogP contribution in [0.5, 0.6) is 0 Å². The minimum absolute atomic E-state index is 0.700. The molecule has 3 nitrogen and oxygen atoms in total. The average Bonchev–Trinajstić information content (AvgIpc) is 3.09. The Morgan fingerprint density at radius 1 is 1.47 bits per heavy atom. The second kappa shape index (κ2) is 5.27. The maximum absolute atomic E-state index is 6.18. The van der Waals surface area contributed by atoms with Crippen LogP contribution in [0, 0.1) is 6.92 Å².